The summed E-state index contributed by atoms with van der Waals surface area (Å²) in [5.41, 5.74) is 11.4. The van der Waals surface area contributed by atoms with Crippen molar-refractivity contribution >= 4 is 27.8 Å². The number of hydrogen-bond acceptors (Lipinski definition) is 1. The van der Waals surface area contributed by atoms with Gasteiger partial charge >= 0.3 is 0 Å². The summed E-state index contributed by atoms with van der Waals surface area (Å²) in [4.78, 5) is 2.42. The van der Waals surface area contributed by atoms with Gasteiger partial charge in [-0.05, 0) is 86.0 Å². The Kier molecular flexibility index (Phi) is 5.87. The molecular weight excluding hydrogens is 494 g/mol. The van der Waals surface area contributed by atoms with Gasteiger partial charge in [0.2, 0.25) is 0 Å². The largest absolute Gasteiger partial charge is 0.310 e. The molecule has 6 aromatic carbocycles. The van der Waals surface area contributed by atoms with Gasteiger partial charge in [-0.15, -0.1) is 0 Å². The van der Waals surface area contributed by atoms with E-state index in [4.69, 9.17) is 0 Å². The van der Waals surface area contributed by atoms with Crippen LogP contribution in [0.2, 0.25) is 0 Å². The van der Waals surface area contributed by atoms with Crippen molar-refractivity contribution in [2.45, 2.75) is 38.5 Å². The average molecular weight is 530 g/mol. The van der Waals surface area contributed by atoms with Crippen LogP contribution >= 0.6 is 0 Å². The van der Waals surface area contributed by atoms with E-state index in [-0.39, 0.29) is 10.8 Å². The van der Waals surface area contributed by atoms with Gasteiger partial charge in [0.25, 0.3) is 0 Å². The number of rotatable bonds is 4. The lowest BCUT2D eigenvalue weighted by Gasteiger charge is -2.49. The molecule has 0 saturated heterocycles. The molecule has 0 heterocycles. The highest BCUT2D eigenvalue weighted by atomic mass is 15.1. The third-order valence-electron chi connectivity index (χ3n) is 9.61. The Morgan fingerprint density at radius 1 is 0.439 bits per heavy atom. The van der Waals surface area contributed by atoms with Crippen LogP contribution in [0, 0.1) is 0 Å². The first-order valence-electron chi connectivity index (χ1n) is 14.5. The van der Waals surface area contributed by atoms with Crippen molar-refractivity contribution in [3.8, 4) is 22.3 Å². The summed E-state index contributed by atoms with van der Waals surface area (Å²) >= 11 is 0. The lowest BCUT2D eigenvalue weighted by atomic mass is 9.55. The molecule has 41 heavy (non-hydrogen) atoms. The zero-order valence-electron chi connectivity index (χ0n) is 24.2. The fourth-order valence-electron chi connectivity index (χ4n) is 6.61. The summed E-state index contributed by atoms with van der Waals surface area (Å²) in [6.45, 7) is 9.66. The molecule has 1 heteroatoms. The van der Waals surface area contributed by atoms with Gasteiger partial charge in [-0.1, -0.05) is 131 Å². The lowest BCUT2D eigenvalue weighted by molar-refractivity contribution is 0.299. The molecule has 0 spiro atoms. The molecule has 200 valence electrons. The molecule has 0 amide bonds. The van der Waals surface area contributed by atoms with E-state index < -0.39 is 0 Å². The van der Waals surface area contributed by atoms with Crippen LogP contribution in [-0.4, -0.2) is 0 Å². The molecule has 1 aliphatic rings. The fraction of sp³-hybridized carbons (Fsp3) is 0.150. The van der Waals surface area contributed by atoms with Crippen molar-refractivity contribution < 1.29 is 0 Å². The van der Waals surface area contributed by atoms with E-state index in [2.05, 4.69) is 172 Å². The van der Waals surface area contributed by atoms with Crippen LogP contribution in [0.3, 0.4) is 0 Å². The fourth-order valence-corrected chi connectivity index (χ4v) is 6.61. The van der Waals surface area contributed by atoms with Crippen LogP contribution < -0.4 is 4.90 Å². The molecule has 6 aromatic rings. The lowest BCUT2D eigenvalue weighted by Crippen LogP contribution is -2.43. The van der Waals surface area contributed by atoms with Crippen molar-refractivity contribution in [2.24, 2.45) is 0 Å². The Morgan fingerprint density at radius 3 is 1.76 bits per heavy atom. The van der Waals surface area contributed by atoms with Crippen LogP contribution in [0.25, 0.3) is 33.0 Å². The van der Waals surface area contributed by atoms with Gasteiger partial charge in [0.05, 0.1) is 5.69 Å². The first-order chi connectivity index (χ1) is 19.9. The first kappa shape index (κ1) is 25.4. The molecule has 0 aliphatic heterocycles. The first-order valence-corrected chi connectivity index (χ1v) is 14.5. The topological polar surface area (TPSA) is 3.24 Å². The second kappa shape index (κ2) is 9.49. The standard InChI is InChI=1S/C40H35N/c1-39(2)36-26-30(28-14-7-5-8-15-28)22-24-34(36)35-25-23-32(27-37(35)40(39,3)4)41(31-18-9-6-10-19-31)38-21-13-17-29-16-11-12-20-33(29)38/h5-27H,1-4H3. The summed E-state index contributed by atoms with van der Waals surface area (Å²) in [6, 6.07) is 50.9. The summed E-state index contributed by atoms with van der Waals surface area (Å²) < 4.78 is 0. The molecule has 0 saturated carbocycles. The van der Waals surface area contributed by atoms with Crippen LogP contribution in [0.1, 0.15) is 38.8 Å². The van der Waals surface area contributed by atoms with Gasteiger partial charge in [0.1, 0.15) is 0 Å². The summed E-state index contributed by atoms with van der Waals surface area (Å²) in [5.74, 6) is 0. The van der Waals surface area contributed by atoms with Gasteiger partial charge in [-0.25, -0.2) is 0 Å². The molecular formula is C40H35N. The highest BCUT2D eigenvalue weighted by molar-refractivity contribution is 5.99. The number of hydrogen-bond donors (Lipinski definition) is 0. The summed E-state index contributed by atoms with van der Waals surface area (Å²) in [5, 5.41) is 2.49. The number of fused-ring (bicyclic) bond motifs is 4. The van der Waals surface area contributed by atoms with Gasteiger partial charge in [0.15, 0.2) is 0 Å². The second-order valence-corrected chi connectivity index (χ2v) is 12.3. The third-order valence-corrected chi connectivity index (χ3v) is 9.61. The van der Waals surface area contributed by atoms with Crippen LogP contribution in [0.5, 0.6) is 0 Å². The predicted molar refractivity (Wildman–Crippen MR) is 176 cm³/mol. The Morgan fingerprint density at radius 2 is 1.02 bits per heavy atom. The van der Waals surface area contributed by atoms with Crippen molar-refractivity contribution in [1.82, 2.24) is 0 Å². The maximum atomic E-state index is 2.44. The Balaban J connectivity index is 1.44. The van der Waals surface area contributed by atoms with Crippen LogP contribution in [-0.2, 0) is 10.8 Å². The van der Waals surface area contributed by atoms with Crippen molar-refractivity contribution in [2.75, 3.05) is 4.90 Å². The molecule has 0 aromatic heterocycles. The van der Waals surface area contributed by atoms with E-state index in [0.29, 0.717) is 0 Å². The molecule has 0 fully saturated rings. The molecule has 1 nitrogen and oxygen atoms in total. The molecule has 0 radical (unpaired) electrons. The molecule has 7 rings (SSSR count). The number of para-hydroxylation sites is 1. The minimum absolute atomic E-state index is 0.0736. The van der Waals surface area contributed by atoms with E-state index >= 15 is 0 Å². The SMILES string of the molecule is CC1(C)c2cc(-c3ccccc3)ccc2-c2ccc(N(c3ccccc3)c3cccc4ccccc34)cc2C1(C)C. The highest BCUT2D eigenvalue weighted by Crippen LogP contribution is 2.55. The number of benzene rings is 6. The minimum Gasteiger partial charge on any atom is -0.310 e. The van der Waals surface area contributed by atoms with E-state index in [1.807, 2.05) is 0 Å². The third kappa shape index (κ3) is 3.99. The quantitative estimate of drug-likeness (QED) is 0.219. The normalized spacial score (nSPS) is 14.7. The van der Waals surface area contributed by atoms with Crippen molar-refractivity contribution in [1.29, 1.82) is 0 Å². The Bertz CT molecular complexity index is 1870. The maximum absolute atomic E-state index is 2.44. The molecule has 0 bridgehead atoms. The minimum atomic E-state index is -0.0955. The van der Waals surface area contributed by atoms with Gasteiger partial charge in [-0.3, -0.25) is 0 Å². The molecule has 0 unspecified atom stereocenters. The second-order valence-electron chi connectivity index (χ2n) is 12.3. The Hall–Kier alpha value is -4.62. The monoisotopic (exact) mass is 529 g/mol. The van der Waals surface area contributed by atoms with E-state index in [1.165, 1.54) is 55.5 Å². The molecule has 0 N–H and O–H groups in total. The highest BCUT2D eigenvalue weighted by Gasteiger charge is 2.46. The van der Waals surface area contributed by atoms with Gasteiger partial charge < -0.3 is 4.90 Å². The van der Waals surface area contributed by atoms with Crippen molar-refractivity contribution in [3.05, 3.63) is 151 Å². The summed E-state index contributed by atoms with van der Waals surface area (Å²) in [6.07, 6.45) is 0. The van der Waals surface area contributed by atoms with E-state index in [9.17, 15) is 0 Å². The zero-order chi connectivity index (χ0) is 28.2. The number of anilines is 3. The Labute approximate surface area is 243 Å². The van der Waals surface area contributed by atoms with Crippen molar-refractivity contribution in [3.63, 3.8) is 0 Å². The van der Waals surface area contributed by atoms with E-state index in [1.54, 1.807) is 0 Å². The number of nitrogens with zero attached hydrogens (tertiary/aromatic N) is 1. The zero-order valence-corrected chi connectivity index (χ0v) is 24.2. The van der Waals surface area contributed by atoms with E-state index in [0.717, 1.165) is 5.69 Å². The van der Waals surface area contributed by atoms with Gasteiger partial charge in [-0.2, -0.15) is 0 Å². The average Bonchev–Trinajstić information content (AvgIpc) is 3.01. The summed E-state index contributed by atoms with van der Waals surface area (Å²) in [7, 11) is 0. The maximum Gasteiger partial charge on any atom is 0.0540 e. The van der Waals surface area contributed by atoms with Crippen LogP contribution in [0.4, 0.5) is 17.1 Å². The smallest absolute Gasteiger partial charge is 0.0540 e. The predicted octanol–water partition coefficient (Wildman–Crippen LogP) is 11.2. The molecule has 0 atom stereocenters. The van der Waals surface area contributed by atoms with Gasteiger partial charge in [0, 0.05) is 16.8 Å². The molecule has 1 aliphatic carbocycles. The van der Waals surface area contributed by atoms with Crippen LogP contribution in [0.15, 0.2) is 140 Å².